The number of alkyl halides is 3. The van der Waals surface area contributed by atoms with Crippen LogP contribution in [0.2, 0.25) is 0 Å². The summed E-state index contributed by atoms with van der Waals surface area (Å²) in [5.74, 6) is -0.498. The molecule has 1 saturated heterocycles. The standard InChI is InChI=1S/C20H19F3N4OS/c21-20(22,23)13-11-14(12-7-3-1-4-8-12)25-19-15(13)16(24)17(29-19)18(28)26-27-9-5-2-6-10-27/h1,3-4,7-8,11H,2,5-6,9-10,24H2,(H,26,28). The molecule has 3 aromatic rings. The Kier molecular flexibility index (Phi) is 5.18. The number of hydrogen-bond donors (Lipinski definition) is 2. The van der Waals surface area contributed by atoms with Crippen LogP contribution in [0.3, 0.4) is 0 Å². The number of piperidine rings is 1. The fourth-order valence-corrected chi connectivity index (χ4v) is 4.48. The molecule has 0 unspecified atom stereocenters. The molecule has 0 radical (unpaired) electrons. The molecule has 0 spiro atoms. The lowest BCUT2D eigenvalue weighted by atomic mass is 10.1. The number of anilines is 1. The molecule has 0 bridgehead atoms. The molecule has 4 rings (SSSR count). The van der Waals surface area contributed by atoms with Gasteiger partial charge < -0.3 is 5.73 Å². The molecule has 3 heterocycles. The maximum atomic E-state index is 13.8. The zero-order valence-corrected chi connectivity index (χ0v) is 16.2. The minimum atomic E-state index is -4.62. The summed E-state index contributed by atoms with van der Waals surface area (Å²) in [7, 11) is 0. The van der Waals surface area contributed by atoms with E-state index < -0.39 is 17.6 Å². The SMILES string of the molecule is Nc1c(C(=O)NN2CCCCC2)sc2nc(-c3ccccc3)cc(C(F)(F)F)c12. The number of amides is 1. The van der Waals surface area contributed by atoms with E-state index >= 15 is 0 Å². The van der Waals surface area contributed by atoms with Gasteiger partial charge in [0, 0.05) is 24.0 Å². The number of pyridine rings is 1. The van der Waals surface area contributed by atoms with Crippen molar-refractivity contribution in [2.75, 3.05) is 18.8 Å². The molecule has 152 valence electrons. The van der Waals surface area contributed by atoms with E-state index in [2.05, 4.69) is 10.4 Å². The third-order valence-electron chi connectivity index (χ3n) is 4.90. The van der Waals surface area contributed by atoms with Crippen LogP contribution in [0, 0.1) is 0 Å². The summed E-state index contributed by atoms with van der Waals surface area (Å²) in [6.07, 6.45) is -1.61. The fraction of sp³-hybridized carbons (Fsp3) is 0.300. The number of aromatic nitrogens is 1. The third kappa shape index (κ3) is 3.92. The van der Waals surface area contributed by atoms with Crippen molar-refractivity contribution in [3.63, 3.8) is 0 Å². The van der Waals surface area contributed by atoms with Crippen LogP contribution < -0.4 is 11.2 Å². The van der Waals surface area contributed by atoms with Crippen molar-refractivity contribution in [1.82, 2.24) is 15.4 Å². The number of benzene rings is 1. The van der Waals surface area contributed by atoms with Gasteiger partial charge in [0.1, 0.15) is 9.71 Å². The number of nitrogens with one attached hydrogen (secondary N) is 1. The highest BCUT2D eigenvalue weighted by Crippen LogP contribution is 2.43. The molecule has 0 atom stereocenters. The van der Waals surface area contributed by atoms with Crippen LogP contribution in [0.15, 0.2) is 36.4 Å². The average molecular weight is 420 g/mol. The third-order valence-corrected chi connectivity index (χ3v) is 5.99. The maximum absolute atomic E-state index is 13.8. The van der Waals surface area contributed by atoms with Crippen LogP contribution >= 0.6 is 11.3 Å². The van der Waals surface area contributed by atoms with Gasteiger partial charge in [-0.2, -0.15) is 13.2 Å². The number of nitrogen functional groups attached to an aromatic ring is 1. The molecule has 5 nitrogen and oxygen atoms in total. The molecule has 9 heteroatoms. The highest BCUT2D eigenvalue weighted by atomic mass is 32.1. The Hall–Kier alpha value is -2.65. The molecule has 1 aliphatic heterocycles. The predicted molar refractivity (Wildman–Crippen MR) is 107 cm³/mol. The van der Waals surface area contributed by atoms with Gasteiger partial charge in [-0.1, -0.05) is 36.8 Å². The van der Waals surface area contributed by atoms with Crippen LogP contribution in [-0.2, 0) is 6.18 Å². The van der Waals surface area contributed by atoms with Gasteiger partial charge >= 0.3 is 6.18 Å². The monoisotopic (exact) mass is 420 g/mol. The molecule has 1 aliphatic rings. The summed E-state index contributed by atoms with van der Waals surface area (Å²) in [6, 6.07) is 9.61. The van der Waals surface area contributed by atoms with E-state index in [1.165, 1.54) is 0 Å². The second kappa shape index (κ2) is 7.64. The van der Waals surface area contributed by atoms with Gasteiger partial charge in [0.15, 0.2) is 0 Å². The van der Waals surface area contributed by atoms with Crippen molar-refractivity contribution in [1.29, 1.82) is 0 Å². The van der Waals surface area contributed by atoms with Gasteiger partial charge in [-0.05, 0) is 18.9 Å². The first kappa shape index (κ1) is 19.7. The molecular formula is C20H19F3N4OS. The van der Waals surface area contributed by atoms with Gasteiger partial charge in [-0.3, -0.25) is 10.2 Å². The number of thiophene rings is 1. The topological polar surface area (TPSA) is 71.2 Å². The van der Waals surface area contributed by atoms with E-state index in [0.29, 0.717) is 18.7 Å². The van der Waals surface area contributed by atoms with E-state index in [9.17, 15) is 18.0 Å². The Morgan fingerprint density at radius 2 is 1.83 bits per heavy atom. The molecule has 3 N–H and O–H groups in total. The van der Waals surface area contributed by atoms with Crippen molar-refractivity contribution in [3.8, 4) is 11.3 Å². The number of carbonyl (C=O) groups excluding carboxylic acids is 1. The van der Waals surface area contributed by atoms with Crippen molar-refractivity contribution in [2.45, 2.75) is 25.4 Å². The summed E-state index contributed by atoms with van der Waals surface area (Å²) in [4.78, 5) is 17.2. The minimum Gasteiger partial charge on any atom is -0.397 e. The van der Waals surface area contributed by atoms with E-state index in [1.54, 1.807) is 35.3 Å². The predicted octanol–water partition coefficient (Wildman–Crippen LogP) is 4.70. The molecule has 1 fully saturated rings. The van der Waals surface area contributed by atoms with Crippen molar-refractivity contribution >= 4 is 33.1 Å². The van der Waals surface area contributed by atoms with Crippen LogP contribution in [-0.4, -0.2) is 29.0 Å². The van der Waals surface area contributed by atoms with Crippen molar-refractivity contribution in [2.24, 2.45) is 0 Å². The van der Waals surface area contributed by atoms with Crippen molar-refractivity contribution in [3.05, 3.63) is 46.8 Å². The number of halogens is 3. The first-order valence-electron chi connectivity index (χ1n) is 9.26. The Bertz CT molecular complexity index is 1040. The molecular weight excluding hydrogens is 401 g/mol. The first-order valence-corrected chi connectivity index (χ1v) is 10.1. The Balaban J connectivity index is 1.80. The van der Waals surface area contributed by atoms with Gasteiger partial charge in [0.05, 0.1) is 16.9 Å². The molecule has 2 aromatic heterocycles. The van der Waals surface area contributed by atoms with E-state index in [-0.39, 0.29) is 26.5 Å². The second-order valence-corrected chi connectivity index (χ2v) is 7.93. The minimum absolute atomic E-state index is 0.0498. The summed E-state index contributed by atoms with van der Waals surface area (Å²) >= 11 is 0.885. The maximum Gasteiger partial charge on any atom is 0.417 e. The Morgan fingerprint density at radius 1 is 1.14 bits per heavy atom. The average Bonchev–Trinajstić information content (AvgIpc) is 3.05. The summed E-state index contributed by atoms with van der Waals surface area (Å²) in [6.45, 7) is 1.42. The summed E-state index contributed by atoms with van der Waals surface area (Å²) in [5, 5.41) is 1.56. The van der Waals surface area contributed by atoms with E-state index in [4.69, 9.17) is 5.73 Å². The Morgan fingerprint density at radius 3 is 2.48 bits per heavy atom. The van der Waals surface area contributed by atoms with E-state index in [0.717, 1.165) is 36.7 Å². The Labute approximate surface area is 169 Å². The number of rotatable bonds is 3. The second-order valence-electron chi connectivity index (χ2n) is 6.93. The van der Waals surface area contributed by atoms with Gasteiger partial charge in [0.2, 0.25) is 0 Å². The molecule has 0 saturated carbocycles. The van der Waals surface area contributed by atoms with Crippen LogP contribution in [0.1, 0.15) is 34.5 Å². The van der Waals surface area contributed by atoms with Gasteiger partial charge in [-0.25, -0.2) is 9.99 Å². The highest BCUT2D eigenvalue weighted by Gasteiger charge is 2.36. The smallest absolute Gasteiger partial charge is 0.397 e. The number of hydrazine groups is 1. The van der Waals surface area contributed by atoms with Crippen LogP contribution in [0.25, 0.3) is 21.5 Å². The van der Waals surface area contributed by atoms with Gasteiger partial charge in [0.25, 0.3) is 5.91 Å². The van der Waals surface area contributed by atoms with Crippen LogP contribution in [0.5, 0.6) is 0 Å². The number of nitrogens with two attached hydrogens (primary N) is 1. The molecule has 29 heavy (non-hydrogen) atoms. The fourth-order valence-electron chi connectivity index (χ4n) is 3.47. The molecule has 1 aromatic carbocycles. The largest absolute Gasteiger partial charge is 0.417 e. The lowest BCUT2D eigenvalue weighted by Gasteiger charge is -2.26. The number of carbonyl (C=O) groups is 1. The number of fused-ring (bicyclic) bond motifs is 1. The molecule has 0 aliphatic carbocycles. The summed E-state index contributed by atoms with van der Waals surface area (Å²) in [5.41, 5.74) is 8.47. The van der Waals surface area contributed by atoms with Crippen molar-refractivity contribution < 1.29 is 18.0 Å². The highest BCUT2D eigenvalue weighted by molar-refractivity contribution is 7.21. The van der Waals surface area contributed by atoms with Crippen LogP contribution in [0.4, 0.5) is 18.9 Å². The first-order chi connectivity index (χ1) is 13.8. The number of hydrogen-bond acceptors (Lipinski definition) is 5. The lowest BCUT2D eigenvalue weighted by Crippen LogP contribution is -2.44. The number of nitrogens with zero attached hydrogens (tertiary/aromatic N) is 2. The summed E-state index contributed by atoms with van der Waals surface area (Å²) < 4.78 is 41.4. The zero-order chi connectivity index (χ0) is 20.6. The van der Waals surface area contributed by atoms with E-state index in [1.807, 2.05) is 0 Å². The molecule has 1 amide bonds. The normalized spacial score (nSPS) is 15.6. The zero-order valence-electron chi connectivity index (χ0n) is 15.4. The lowest BCUT2D eigenvalue weighted by molar-refractivity contribution is -0.136. The quantitative estimate of drug-likeness (QED) is 0.645. The van der Waals surface area contributed by atoms with Gasteiger partial charge in [-0.15, -0.1) is 11.3 Å².